The van der Waals surface area contributed by atoms with Crippen molar-refractivity contribution < 1.29 is 23.9 Å². The first-order chi connectivity index (χ1) is 14.8. The Bertz CT molecular complexity index is 993. The lowest BCUT2D eigenvalue weighted by Crippen LogP contribution is -2.34. The minimum absolute atomic E-state index is 0.232. The van der Waals surface area contributed by atoms with Crippen LogP contribution < -0.4 is 10.6 Å². The minimum Gasteiger partial charge on any atom is -0.481 e. The SMILES string of the molecule is CC(Sc1cccc(NC(=O)C2CC=CCC2C(=O)O)c1)C(=O)Nc1ccc(F)cc1. The van der Waals surface area contributed by atoms with E-state index in [4.69, 9.17) is 0 Å². The Morgan fingerprint density at radius 3 is 2.35 bits per heavy atom. The van der Waals surface area contributed by atoms with Crippen LogP contribution in [0, 0.1) is 17.7 Å². The van der Waals surface area contributed by atoms with Crippen LogP contribution in [0.5, 0.6) is 0 Å². The number of carbonyl (C=O) groups is 3. The molecule has 2 aromatic rings. The summed E-state index contributed by atoms with van der Waals surface area (Å²) in [6, 6.07) is 12.6. The van der Waals surface area contributed by atoms with Crippen molar-refractivity contribution in [2.45, 2.75) is 29.9 Å². The second kappa shape index (κ2) is 10.3. The van der Waals surface area contributed by atoms with Crippen LogP contribution in [-0.2, 0) is 14.4 Å². The highest BCUT2D eigenvalue weighted by atomic mass is 32.2. The van der Waals surface area contributed by atoms with Crippen molar-refractivity contribution in [1.82, 2.24) is 0 Å². The molecule has 3 N–H and O–H groups in total. The van der Waals surface area contributed by atoms with Crippen molar-refractivity contribution in [2.24, 2.45) is 11.8 Å². The van der Waals surface area contributed by atoms with Crippen molar-refractivity contribution in [3.05, 3.63) is 66.5 Å². The summed E-state index contributed by atoms with van der Waals surface area (Å²) in [4.78, 5) is 37.3. The van der Waals surface area contributed by atoms with Gasteiger partial charge in [-0.25, -0.2) is 4.39 Å². The lowest BCUT2D eigenvalue weighted by atomic mass is 9.82. The summed E-state index contributed by atoms with van der Waals surface area (Å²) in [5.74, 6) is -3.28. The van der Waals surface area contributed by atoms with E-state index in [1.165, 1.54) is 36.0 Å². The molecule has 0 fully saturated rings. The third-order valence-corrected chi connectivity index (χ3v) is 6.08. The van der Waals surface area contributed by atoms with Gasteiger partial charge in [0.25, 0.3) is 0 Å². The van der Waals surface area contributed by atoms with E-state index < -0.39 is 23.1 Å². The number of rotatable bonds is 7. The van der Waals surface area contributed by atoms with Crippen LogP contribution in [0.2, 0.25) is 0 Å². The van der Waals surface area contributed by atoms with Crippen LogP contribution in [0.1, 0.15) is 19.8 Å². The predicted molar refractivity (Wildman–Crippen MR) is 118 cm³/mol. The molecule has 6 nitrogen and oxygen atoms in total. The number of aliphatic carboxylic acids is 1. The first-order valence-corrected chi connectivity index (χ1v) is 10.7. The summed E-state index contributed by atoms with van der Waals surface area (Å²) in [6.07, 6.45) is 4.34. The molecule has 8 heteroatoms. The molecular weight excluding hydrogens is 419 g/mol. The van der Waals surface area contributed by atoms with Crippen molar-refractivity contribution in [3.63, 3.8) is 0 Å². The van der Waals surface area contributed by atoms with E-state index in [2.05, 4.69) is 10.6 Å². The van der Waals surface area contributed by atoms with E-state index in [1.807, 2.05) is 12.1 Å². The van der Waals surface area contributed by atoms with Gasteiger partial charge in [0, 0.05) is 16.3 Å². The summed E-state index contributed by atoms with van der Waals surface area (Å²) < 4.78 is 13.0. The molecular formula is C23H23FN2O4S. The Morgan fingerprint density at radius 2 is 1.68 bits per heavy atom. The van der Waals surface area contributed by atoms with Gasteiger partial charge in [0.15, 0.2) is 0 Å². The molecule has 3 unspecified atom stereocenters. The fraction of sp³-hybridized carbons (Fsp3) is 0.261. The lowest BCUT2D eigenvalue weighted by molar-refractivity contribution is -0.146. The third-order valence-electron chi connectivity index (χ3n) is 4.98. The molecule has 0 heterocycles. The number of halogens is 1. The van der Waals surface area contributed by atoms with E-state index in [0.29, 0.717) is 24.2 Å². The molecule has 31 heavy (non-hydrogen) atoms. The Labute approximate surface area is 183 Å². The molecule has 0 saturated heterocycles. The van der Waals surface area contributed by atoms with Crippen LogP contribution in [0.15, 0.2) is 65.6 Å². The molecule has 0 bridgehead atoms. The number of thioether (sulfide) groups is 1. The van der Waals surface area contributed by atoms with Gasteiger partial charge in [0.2, 0.25) is 11.8 Å². The van der Waals surface area contributed by atoms with E-state index in [1.54, 1.807) is 31.2 Å². The summed E-state index contributed by atoms with van der Waals surface area (Å²) in [7, 11) is 0. The zero-order chi connectivity index (χ0) is 22.4. The zero-order valence-corrected chi connectivity index (χ0v) is 17.7. The molecule has 1 aliphatic carbocycles. The highest BCUT2D eigenvalue weighted by molar-refractivity contribution is 8.00. The number of carboxylic acid groups (broad SMARTS) is 1. The van der Waals surface area contributed by atoms with Crippen LogP contribution in [-0.4, -0.2) is 28.1 Å². The number of benzene rings is 2. The van der Waals surface area contributed by atoms with E-state index in [-0.39, 0.29) is 17.6 Å². The summed E-state index contributed by atoms with van der Waals surface area (Å²) in [6.45, 7) is 1.75. The summed E-state index contributed by atoms with van der Waals surface area (Å²) in [5, 5.41) is 14.5. The van der Waals surface area contributed by atoms with Crippen molar-refractivity contribution >= 4 is 40.9 Å². The first kappa shape index (κ1) is 22.6. The maximum absolute atomic E-state index is 13.0. The van der Waals surface area contributed by atoms with E-state index in [9.17, 15) is 23.9 Å². The maximum Gasteiger partial charge on any atom is 0.307 e. The van der Waals surface area contributed by atoms with Crippen LogP contribution in [0.4, 0.5) is 15.8 Å². The Hall–Kier alpha value is -3.13. The molecule has 1 aliphatic rings. The number of anilines is 2. The van der Waals surface area contributed by atoms with Gasteiger partial charge in [-0.3, -0.25) is 14.4 Å². The summed E-state index contributed by atoms with van der Waals surface area (Å²) in [5.41, 5.74) is 1.05. The second-order valence-electron chi connectivity index (χ2n) is 7.27. The van der Waals surface area contributed by atoms with Gasteiger partial charge in [-0.15, -0.1) is 11.8 Å². The number of amides is 2. The largest absolute Gasteiger partial charge is 0.481 e. The summed E-state index contributed by atoms with van der Waals surface area (Å²) >= 11 is 1.31. The Morgan fingerprint density at radius 1 is 1.00 bits per heavy atom. The van der Waals surface area contributed by atoms with Crippen molar-refractivity contribution in [2.75, 3.05) is 10.6 Å². The fourth-order valence-corrected chi connectivity index (χ4v) is 4.22. The monoisotopic (exact) mass is 442 g/mol. The smallest absolute Gasteiger partial charge is 0.307 e. The highest BCUT2D eigenvalue weighted by Gasteiger charge is 2.34. The molecule has 3 atom stereocenters. The average Bonchev–Trinajstić information content (AvgIpc) is 2.75. The normalized spacial score (nSPS) is 18.8. The van der Waals surface area contributed by atoms with Gasteiger partial charge in [-0.05, 0) is 62.2 Å². The number of nitrogens with one attached hydrogen (secondary N) is 2. The van der Waals surface area contributed by atoms with Crippen molar-refractivity contribution in [3.8, 4) is 0 Å². The second-order valence-corrected chi connectivity index (χ2v) is 8.68. The number of hydrogen-bond donors (Lipinski definition) is 3. The molecule has 3 rings (SSSR count). The topological polar surface area (TPSA) is 95.5 Å². The number of allylic oxidation sites excluding steroid dienone is 2. The number of carbonyl (C=O) groups excluding carboxylic acids is 2. The third kappa shape index (κ3) is 6.18. The quantitative estimate of drug-likeness (QED) is 0.432. The Balaban J connectivity index is 1.61. The molecule has 0 aromatic heterocycles. The number of carboxylic acids is 1. The van der Waals surface area contributed by atoms with Gasteiger partial charge in [-0.1, -0.05) is 18.2 Å². The minimum atomic E-state index is -0.977. The molecule has 0 radical (unpaired) electrons. The van der Waals surface area contributed by atoms with Gasteiger partial charge < -0.3 is 15.7 Å². The lowest BCUT2D eigenvalue weighted by Gasteiger charge is -2.24. The van der Waals surface area contributed by atoms with Crippen molar-refractivity contribution in [1.29, 1.82) is 0 Å². The molecule has 0 saturated carbocycles. The molecule has 2 aromatic carbocycles. The maximum atomic E-state index is 13.0. The molecule has 2 amide bonds. The zero-order valence-electron chi connectivity index (χ0n) is 16.9. The Kier molecular flexibility index (Phi) is 7.46. The van der Waals surface area contributed by atoms with Gasteiger partial charge in [0.05, 0.1) is 17.1 Å². The molecule has 162 valence electrons. The number of hydrogen-bond acceptors (Lipinski definition) is 4. The average molecular weight is 443 g/mol. The highest BCUT2D eigenvalue weighted by Crippen LogP contribution is 2.29. The van der Waals surface area contributed by atoms with Crippen LogP contribution in [0.25, 0.3) is 0 Å². The molecule has 0 spiro atoms. The first-order valence-electron chi connectivity index (χ1n) is 9.85. The van der Waals surface area contributed by atoms with Gasteiger partial charge in [-0.2, -0.15) is 0 Å². The predicted octanol–water partition coefficient (Wildman–Crippen LogP) is 4.55. The van der Waals surface area contributed by atoms with Crippen LogP contribution in [0.3, 0.4) is 0 Å². The fourth-order valence-electron chi connectivity index (χ4n) is 3.29. The van der Waals surface area contributed by atoms with E-state index in [0.717, 1.165) is 4.90 Å². The van der Waals surface area contributed by atoms with Gasteiger partial charge >= 0.3 is 5.97 Å². The van der Waals surface area contributed by atoms with E-state index >= 15 is 0 Å². The molecule has 0 aliphatic heterocycles. The van der Waals surface area contributed by atoms with Gasteiger partial charge in [0.1, 0.15) is 5.82 Å². The van der Waals surface area contributed by atoms with Crippen LogP contribution >= 0.6 is 11.8 Å². The standard InChI is InChI=1S/C23H23FN2O4S/c1-14(21(27)25-16-11-9-15(24)10-12-16)31-18-6-4-5-17(13-18)26-22(28)19-7-2-3-8-20(19)23(29)30/h2-6,9-14,19-20H,7-8H2,1H3,(H,25,27)(H,26,28)(H,29,30).